The molecule has 2 aromatic carbocycles. The van der Waals surface area contributed by atoms with Crippen molar-refractivity contribution in [3.63, 3.8) is 0 Å². The Kier molecular flexibility index (Phi) is 11.9. The molecular weight excluding hydrogens is 600 g/mol. The van der Waals surface area contributed by atoms with Crippen LogP contribution >= 0.6 is 0 Å². The van der Waals surface area contributed by atoms with Crippen LogP contribution in [-0.2, 0) is 12.8 Å². The van der Waals surface area contributed by atoms with Gasteiger partial charge in [0, 0.05) is 43.8 Å². The van der Waals surface area contributed by atoms with Crippen molar-refractivity contribution in [2.24, 2.45) is 0 Å². The molecule has 0 unspecified atom stereocenters. The highest BCUT2D eigenvalue weighted by molar-refractivity contribution is 5.79. The summed E-state index contributed by atoms with van der Waals surface area (Å²) in [6, 6.07) is 12.9. The maximum Gasteiger partial charge on any atom is 0.415 e. The number of rotatable bonds is 9. The van der Waals surface area contributed by atoms with Crippen LogP contribution in [0.5, 0.6) is 11.5 Å². The molecule has 0 radical (unpaired) electrons. The molecule has 2 amide bonds. The average Bonchev–Trinajstić information content (AvgIpc) is 3.14. The molecule has 8 nitrogen and oxygen atoms in total. The average molecular weight is 655 g/mol. The van der Waals surface area contributed by atoms with Gasteiger partial charge in [-0.15, -0.1) is 13.2 Å². The van der Waals surface area contributed by atoms with Gasteiger partial charge in [-0.3, -0.25) is 0 Å². The summed E-state index contributed by atoms with van der Waals surface area (Å²) in [7, 11) is 0. The van der Waals surface area contributed by atoms with Gasteiger partial charge in [-0.25, -0.2) is 9.59 Å². The molecule has 0 aliphatic carbocycles. The molecule has 8 heteroatoms. The number of nitrogens with zero attached hydrogens (tertiary/aromatic N) is 4. The lowest BCUT2D eigenvalue weighted by atomic mass is 9.97. The second kappa shape index (κ2) is 16.7. The first-order valence-corrected chi connectivity index (χ1v) is 18.4. The van der Waals surface area contributed by atoms with E-state index in [1.807, 2.05) is 52.3 Å². The summed E-state index contributed by atoms with van der Waals surface area (Å²) in [5.74, 6) is 1.07. The third-order valence-corrected chi connectivity index (χ3v) is 10.8. The van der Waals surface area contributed by atoms with Crippen molar-refractivity contribution in [1.29, 1.82) is 0 Å². The second-order valence-corrected chi connectivity index (χ2v) is 14.0. The molecule has 4 heterocycles. The maximum atomic E-state index is 13.4. The fourth-order valence-electron chi connectivity index (χ4n) is 8.06. The van der Waals surface area contributed by atoms with Crippen LogP contribution in [0.4, 0.5) is 9.59 Å². The van der Waals surface area contributed by atoms with E-state index in [2.05, 4.69) is 29.0 Å². The van der Waals surface area contributed by atoms with Crippen molar-refractivity contribution < 1.29 is 19.1 Å². The largest absolute Gasteiger partial charge is 0.415 e. The Morgan fingerprint density at radius 2 is 1.12 bits per heavy atom. The Labute approximate surface area is 287 Å². The lowest BCUT2D eigenvalue weighted by Gasteiger charge is -2.39. The van der Waals surface area contributed by atoms with Gasteiger partial charge in [-0.05, 0) is 131 Å². The van der Waals surface area contributed by atoms with Gasteiger partial charge in [0.15, 0.2) is 0 Å². The van der Waals surface area contributed by atoms with E-state index in [0.29, 0.717) is 49.5 Å². The predicted octanol–water partition coefficient (Wildman–Crippen LogP) is 7.71. The molecule has 48 heavy (non-hydrogen) atoms. The topological polar surface area (TPSA) is 65.6 Å². The van der Waals surface area contributed by atoms with Crippen LogP contribution < -0.4 is 9.47 Å². The monoisotopic (exact) mass is 654 g/mol. The van der Waals surface area contributed by atoms with Gasteiger partial charge in [0.05, 0.1) is 0 Å². The molecular formula is C40H54N4O4. The molecule has 0 atom stereocenters. The summed E-state index contributed by atoms with van der Waals surface area (Å²) in [6.07, 6.45) is 16.1. The molecule has 4 saturated heterocycles. The number of ether oxygens (including phenoxy) is 2. The number of hydrogen-bond acceptors (Lipinski definition) is 6. The van der Waals surface area contributed by atoms with Gasteiger partial charge >= 0.3 is 12.2 Å². The first kappa shape index (κ1) is 34.3. The Hall–Kier alpha value is -3.62. The molecule has 2 aromatic rings. The molecule has 4 aliphatic rings. The van der Waals surface area contributed by atoms with Crippen LogP contribution in [0.1, 0.15) is 75.3 Å². The fraction of sp³-hybridized carbons (Fsp3) is 0.550. The van der Waals surface area contributed by atoms with Crippen molar-refractivity contribution in [1.82, 2.24) is 19.6 Å². The first-order valence-electron chi connectivity index (χ1n) is 18.4. The van der Waals surface area contributed by atoms with Crippen LogP contribution in [0, 0.1) is 0 Å². The Morgan fingerprint density at radius 3 is 1.65 bits per heavy atom. The summed E-state index contributed by atoms with van der Waals surface area (Å²) in [5, 5.41) is 0. The lowest BCUT2D eigenvalue weighted by Crippen LogP contribution is -2.48. The smallest absolute Gasteiger partial charge is 0.410 e. The zero-order valence-corrected chi connectivity index (χ0v) is 28.8. The Bertz CT molecular complexity index is 1410. The number of piperidine rings is 4. The van der Waals surface area contributed by atoms with E-state index in [9.17, 15) is 9.59 Å². The van der Waals surface area contributed by atoms with E-state index in [1.54, 1.807) is 0 Å². The molecule has 4 fully saturated rings. The minimum atomic E-state index is -0.300. The van der Waals surface area contributed by atoms with Crippen molar-refractivity contribution in [2.45, 2.75) is 89.1 Å². The number of carbonyl (C=O) groups is 2. The molecule has 0 bridgehead atoms. The molecule has 258 valence electrons. The summed E-state index contributed by atoms with van der Waals surface area (Å²) < 4.78 is 12.1. The van der Waals surface area contributed by atoms with E-state index < -0.39 is 0 Å². The third-order valence-electron chi connectivity index (χ3n) is 10.8. The first-order chi connectivity index (χ1) is 23.5. The highest BCUT2D eigenvalue weighted by Gasteiger charge is 2.30. The number of benzene rings is 2. The van der Waals surface area contributed by atoms with Crippen molar-refractivity contribution in [2.75, 3.05) is 52.4 Å². The van der Waals surface area contributed by atoms with Crippen molar-refractivity contribution in [3.05, 3.63) is 72.8 Å². The minimum Gasteiger partial charge on any atom is -0.410 e. The number of amides is 2. The minimum absolute atomic E-state index is 0.295. The molecule has 0 spiro atoms. The normalized spacial score (nSPS) is 20.3. The molecule has 0 aromatic heterocycles. The quantitative estimate of drug-likeness (QED) is 0.258. The zero-order valence-electron chi connectivity index (χ0n) is 28.8. The van der Waals surface area contributed by atoms with Gasteiger partial charge in [0.25, 0.3) is 0 Å². The standard InChI is InChI=1S/C40H54N4O4/c1-3-11-31-13-15-38(48-40(46)44-27-19-35(20-28-44)42-23-9-6-10-24-42)36(29-31)32-14-16-37(33(30-32)12-4-2)47-39(45)43-25-17-34(18-26-43)41-21-7-5-8-22-41/h3-4,13-16,29-30,34-35H,1-2,5-12,17-28H2. The van der Waals surface area contributed by atoms with E-state index in [0.717, 1.165) is 61.0 Å². The fourth-order valence-corrected chi connectivity index (χ4v) is 8.06. The van der Waals surface area contributed by atoms with E-state index in [1.165, 1.54) is 64.7 Å². The van der Waals surface area contributed by atoms with Crippen molar-refractivity contribution in [3.8, 4) is 22.6 Å². The van der Waals surface area contributed by atoms with Crippen LogP contribution in [0.25, 0.3) is 11.1 Å². The third kappa shape index (κ3) is 8.50. The van der Waals surface area contributed by atoms with Crippen LogP contribution in [0.2, 0.25) is 0 Å². The van der Waals surface area contributed by atoms with E-state index in [4.69, 9.17) is 9.47 Å². The molecule has 4 aliphatic heterocycles. The SMILES string of the molecule is C=CCc1ccc(OC(=O)N2CCC(N3CCCCC3)CC2)c(-c2ccc(OC(=O)N3CCC(N4CCCCC4)CC3)c(CC=C)c2)c1. The second-order valence-electron chi connectivity index (χ2n) is 14.0. The number of hydrogen-bond donors (Lipinski definition) is 0. The van der Waals surface area contributed by atoms with Crippen LogP contribution in [0.3, 0.4) is 0 Å². The van der Waals surface area contributed by atoms with Gasteiger partial charge in [-0.1, -0.05) is 37.1 Å². The summed E-state index contributed by atoms with van der Waals surface area (Å²) in [5.41, 5.74) is 3.67. The zero-order chi connectivity index (χ0) is 33.3. The predicted molar refractivity (Wildman–Crippen MR) is 192 cm³/mol. The van der Waals surface area contributed by atoms with Crippen LogP contribution in [0.15, 0.2) is 61.7 Å². The van der Waals surface area contributed by atoms with Gasteiger partial charge < -0.3 is 29.1 Å². The van der Waals surface area contributed by atoms with Gasteiger partial charge in [0.1, 0.15) is 11.5 Å². The number of carbonyl (C=O) groups excluding carboxylic acids is 2. The Balaban J connectivity index is 1.13. The molecule has 0 saturated carbocycles. The maximum absolute atomic E-state index is 13.4. The lowest BCUT2D eigenvalue weighted by molar-refractivity contribution is 0.0874. The Morgan fingerprint density at radius 1 is 0.625 bits per heavy atom. The molecule has 6 rings (SSSR count). The highest BCUT2D eigenvalue weighted by Crippen LogP contribution is 2.36. The van der Waals surface area contributed by atoms with E-state index >= 15 is 0 Å². The summed E-state index contributed by atoms with van der Waals surface area (Å²) >= 11 is 0. The molecule has 0 N–H and O–H groups in total. The van der Waals surface area contributed by atoms with Crippen molar-refractivity contribution >= 4 is 12.2 Å². The summed E-state index contributed by atoms with van der Waals surface area (Å²) in [6.45, 7) is 15.5. The number of allylic oxidation sites excluding steroid dienone is 2. The van der Waals surface area contributed by atoms with Gasteiger partial charge in [0.2, 0.25) is 0 Å². The highest BCUT2D eigenvalue weighted by atomic mass is 16.6. The van der Waals surface area contributed by atoms with Crippen LogP contribution in [-0.4, -0.2) is 96.2 Å². The van der Waals surface area contributed by atoms with Gasteiger partial charge in [-0.2, -0.15) is 0 Å². The summed E-state index contributed by atoms with van der Waals surface area (Å²) in [4.78, 5) is 35.7. The number of likely N-dealkylation sites (tertiary alicyclic amines) is 4. The van der Waals surface area contributed by atoms with E-state index in [-0.39, 0.29) is 12.2 Å².